The van der Waals surface area contributed by atoms with Gasteiger partial charge in [-0.2, -0.15) is 8.42 Å². The van der Waals surface area contributed by atoms with Crippen molar-refractivity contribution in [2.75, 3.05) is 18.5 Å². The van der Waals surface area contributed by atoms with Crippen LogP contribution < -0.4 is 10.5 Å². The van der Waals surface area contributed by atoms with Crippen LogP contribution in [0.25, 0.3) is 0 Å². The highest BCUT2D eigenvalue weighted by molar-refractivity contribution is 7.84. The summed E-state index contributed by atoms with van der Waals surface area (Å²) in [5.74, 6) is 0.239. The van der Waals surface area contributed by atoms with E-state index in [2.05, 4.69) is 15.3 Å². The minimum absolute atomic E-state index is 0.00136. The molecule has 0 saturated heterocycles. The predicted octanol–water partition coefficient (Wildman–Crippen LogP) is 2.67. The van der Waals surface area contributed by atoms with E-state index in [0.717, 1.165) is 24.0 Å². The third-order valence-electron chi connectivity index (χ3n) is 6.72. The van der Waals surface area contributed by atoms with Crippen molar-refractivity contribution >= 4 is 27.7 Å². The van der Waals surface area contributed by atoms with Crippen molar-refractivity contribution < 1.29 is 26.9 Å². The number of rotatable bonds is 8. The van der Waals surface area contributed by atoms with E-state index in [0.29, 0.717) is 35.4 Å². The first-order valence-corrected chi connectivity index (χ1v) is 13.2. The molecule has 3 atom stereocenters. The lowest BCUT2D eigenvalue weighted by Crippen LogP contribution is -2.23. The molecule has 188 valence electrons. The van der Waals surface area contributed by atoms with Crippen LogP contribution in [0.2, 0.25) is 0 Å². The van der Waals surface area contributed by atoms with E-state index in [4.69, 9.17) is 14.1 Å². The fraction of sp³-hybridized carbons (Fsp3) is 0.360. The number of carbonyl (C=O) groups excluding carboxylic acids is 2. The molecule has 3 N–H and O–H groups in total. The summed E-state index contributed by atoms with van der Waals surface area (Å²) < 4.78 is 32.7. The molecule has 2 aromatic rings. The first-order chi connectivity index (χ1) is 17.3. The molecule has 1 aromatic heterocycles. The molecule has 5 rings (SSSR count). The van der Waals surface area contributed by atoms with Gasteiger partial charge in [-0.3, -0.25) is 13.8 Å². The standard InChI is InChI=1S/C25H26N4O6S/c26-36(32,33)35-12-15-5-8-18(9-15)29-25-21(11-27-14-28-25)23(31)16-6-7-17(10-16)24-20-4-2-1-3-19(20)22(30)13-34-24/h1-4,7,10-11,14-15,18,24H,5-6,8-9,12-13H2,(H2,26,32,33)(H,27,28,29)/t15-,18+,24?/m1/s1. The van der Waals surface area contributed by atoms with Gasteiger partial charge in [0.05, 0.1) is 12.2 Å². The number of carbonyl (C=O) groups is 2. The van der Waals surface area contributed by atoms with Gasteiger partial charge in [0, 0.05) is 23.4 Å². The van der Waals surface area contributed by atoms with Crippen LogP contribution in [-0.2, 0) is 19.2 Å². The monoisotopic (exact) mass is 510 g/mol. The van der Waals surface area contributed by atoms with Gasteiger partial charge < -0.3 is 10.1 Å². The van der Waals surface area contributed by atoms with Crippen molar-refractivity contribution in [2.45, 2.75) is 37.8 Å². The van der Waals surface area contributed by atoms with E-state index < -0.39 is 16.4 Å². The van der Waals surface area contributed by atoms with Crippen LogP contribution in [0.4, 0.5) is 5.82 Å². The first kappa shape index (κ1) is 24.4. The zero-order chi connectivity index (χ0) is 25.3. The average molecular weight is 511 g/mol. The summed E-state index contributed by atoms with van der Waals surface area (Å²) in [6.07, 6.45) is 8.91. The number of aromatic nitrogens is 2. The minimum Gasteiger partial charge on any atom is -0.367 e. The van der Waals surface area contributed by atoms with Crippen molar-refractivity contribution in [3.63, 3.8) is 0 Å². The lowest BCUT2D eigenvalue weighted by molar-refractivity contribution is 0.0509. The van der Waals surface area contributed by atoms with Gasteiger partial charge >= 0.3 is 10.3 Å². The Labute approximate surface area is 208 Å². The van der Waals surface area contributed by atoms with Crippen LogP contribution >= 0.6 is 0 Å². The molecule has 10 nitrogen and oxygen atoms in total. The van der Waals surface area contributed by atoms with Gasteiger partial charge in [-0.15, -0.1) is 0 Å². The molecular formula is C25H26N4O6S. The molecule has 1 fully saturated rings. The molecule has 1 unspecified atom stereocenters. The summed E-state index contributed by atoms with van der Waals surface area (Å²) in [5.41, 5.74) is 3.25. The summed E-state index contributed by atoms with van der Waals surface area (Å²) in [5, 5.41) is 8.24. The highest BCUT2D eigenvalue weighted by Gasteiger charge is 2.31. The van der Waals surface area contributed by atoms with Gasteiger partial charge in [-0.1, -0.05) is 30.3 Å². The van der Waals surface area contributed by atoms with Gasteiger partial charge in [-0.05, 0) is 48.8 Å². The zero-order valence-corrected chi connectivity index (χ0v) is 20.2. The Hall–Kier alpha value is -3.25. The number of benzene rings is 1. The zero-order valence-electron chi connectivity index (χ0n) is 19.4. The van der Waals surface area contributed by atoms with Gasteiger partial charge in [0.25, 0.3) is 0 Å². The molecule has 1 aliphatic heterocycles. The number of ether oxygens (including phenoxy) is 1. The van der Waals surface area contributed by atoms with Gasteiger partial charge in [0.2, 0.25) is 0 Å². The number of anilines is 1. The van der Waals surface area contributed by atoms with Gasteiger partial charge in [0.1, 0.15) is 24.9 Å². The van der Waals surface area contributed by atoms with Crippen LogP contribution in [0.5, 0.6) is 0 Å². The van der Waals surface area contributed by atoms with Crippen molar-refractivity contribution in [1.29, 1.82) is 0 Å². The second kappa shape index (κ2) is 10.0. The molecule has 0 amide bonds. The second-order valence-corrected chi connectivity index (χ2v) is 10.4. The number of nitrogens with zero attached hydrogens (tertiary/aromatic N) is 2. The molecule has 36 heavy (non-hydrogen) atoms. The lowest BCUT2D eigenvalue weighted by atomic mass is 9.92. The Morgan fingerprint density at radius 3 is 2.92 bits per heavy atom. The second-order valence-electron chi connectivity index (χ2n) is 9.19. The number of ketones is 2. The molecule has 0 radical (unpaired) electrons. The maximum absolute atomic E-state index is 13.4. The Morgan fingerprint density at radius 2 is 2.08 bits per heavy atom. The third kappa shape index (κ3) is 5.29. The SMILES string of the molecule is NS(=O)(=O)OC[C@@H]1CC[C@H](Nc2ncncc2C(=O)C2=CC(C3OCC(=O)c4ccccc43)=CC2)C1. The van der Waals surface area contributed by atoms with Crippen molar-refractivity contribution in [3.05, 3.63) is 76.8 Å². The van der Waals surface area contributed by atoms with Crippen LogP contribution in [0, 0.1) is 5.92 Å². The van der Waals surface area contributed by atoms with E-state index in [9.17, 15) is 18.0 Å². The quantitative estimate of drug-likeness (QED) is 0.511. The van der Waals surface area contributed by atoms with Crippen LogP contribution in [0.1, 0.15) is 58.1 Å². The first-order valence-electron chi connectivity index (χ1n) is 11.7. The highest BCUT2D eigenvalue weighted by Crippen LogP contribution is 2.38. The van der Waals surface area contributed by atoms with E-state index in [1.54, 1.807) is 6.07 Å². The van der Waals surface area contributed by atoms with Gasteiger partial charge in [-0.25, -0.2) is 15.1 Å². The van der Waals surface area contributed by atoms with Crippen molar-refractivity contribution in [1.82, 2.24) is 9.97 Å². The molecule has 1 saturated carbocycles. The van der Waals surface area contributed by atoms with E-state index >= 15 is 0 Å². The topological polar surface area (TPSA) is 151 Å². The minimum atomic E-state index is -3.97. The number of nitrogens with two attached hydrogens (primary N) is 1. The fourth-order valence-corrected chi connectivity index (χ4v) is 5.38. The van der Waals surface area contributed by atoms with Crippen LogP contribution in [0.15, 0.2) is 60.1 Å². The smallest absolute Gasteiger partial charge is 0.333 e. The number of Topliss-reactive ketones (excluding diaryl/α,β-unsaturated/α-hetero) is 2. The Kier molecular flexibility index (Phi) is 6.80. The average Bonchev–Trinajstić information content (AvgIpc) is 3.53. The van der Waals surface area contributed by atoms with Gasteiger partial charge in [0.15, 0.2) is 11.6 Å². The van der Waals surface area contributed by atoms with E-state index in [1.807, 2.05) is 30.4 Å². The Bertz CT molecular complexity index is 1370. The molecule has 3 aliphatic rings. The Balaban J connectivity index is 1.28. The number of hydrogen-bond acceptors (Lipinski definition) is 9. The molecule has 0 spiro atoms. The highest BCUT2D eigenvalue weighted by atomic mass is 32.2. The molecule has 0 bridgehead atoms. The summed E-state index contributed by atoms with van der Waals surface area (Å²) in [7, 11) is -3.97. The fourth-order valence-electron chi connectivity index (χ4n) is 5.00. The summed E-state index contributed by atoms with van der Waals surface area (Å²) in [6, 6.07) is 7.38. The normalized spacial score (nSPS) is 23.7. The van der Waals surface area contributed by atoms with Crippen molar-refractivity contribution in [3.8, 4) is 0 Å². The van der Waals surface area contributed by atoms with Crippen LogP contribution in [0.3, 0.4) is 0 Å². The molecular weight excluding hydrogens is 484 g/mol. The maximum atomic E-state index is 13.4. The number of fused-ring (bicyclic) bond motifs is 1. The largest absolute Gasteiger partial charge is 0.367 e. The molecule has 1 aromatic carbocycles. The summed E-state index contributed by atoms with van der Waals surface area (Å²) in [4.78, 5) is 34.0. The Morgan fingerprint density at radius 1 is 1.25 bits per heavy atom. The number of nitrogens with one attached hydrogen (secondary N) is 1. The molecule has 2 aliphatic carbocycles. The van der Waals surface area contributed by atoms with Crippen molar-refractivity contribution in [2.24, 2.45) is 11.1 Å². The molecule has 11 heteroatoms. The van der Waals surface area contributed by atoms with E-state index in [-0.39, 0.29) is 36.7 Å². The third-order valence-corrected chi connectivity index (χ3v) is 7.19. The number of hydrogen-bond donors (Lipinski definition) is 2. The number of allylic oxidation sites excluding steroid dienone is 2. The molecule has 2 heterocycles. The van der Waals surface area contributed by atoms with E-state index in [1.165, 1.54) is 12.5 Å². The lowest BCUT2D eigenvalue weighted by Gasteiger charge is -2.25. The summed E-state index contributed by atoms with van der Waals surface area (Å²) in [6.45, 7) is 0.0350. The predicted molar refractivity (Wildman–Crippen MR) is 130 cm³/mol. The maximum Gasteiger partial charge on any atom is 0.333 e. The summed E-state index contributed by atoms with van der Waals surface area (Å²) >= 11 is 0. The van der Waals surface area contributed by atoms with Crippen LogP contribution in [-0.4, -0.2) is 49.2 Å².